The summed E-state index contributed by atoms with van der Waals surface area (Å²) >= 11 is 1.50. The van der Waals surface area contributed by atoms with Crippen molar-refractivity contribution in [3.63, 3.8) is 0 Å². The summed E-state index contributed by atoms with van der Waals surface area (Å²) in [4.78, 5) is 6.16. The Morgan fingerprint density at radius 1 is 1.37 bits per heavy atom. The van der Waals surface area contributed by atoms with Crippen molar-refractivity contribution in [2.45, 2.75) is 44.4 Å². The van der Waals surface area contributed by atoms with Gasteiger partial charge in [0.25, 0.3) is 0 Å². The molecule has 0 spiro atoms. The molecule has 0 saturated carbocycles. The van der Waals surface area contributed by atoms with Crippen molar-refractivity contribution in [2.75, 3.05) is 13.6 Å². The predicted octanol–water partition coefficient (Wildman–Crippen LogP) is 3.02. The van der Waals surface area contributed by atoms with E-state index in [0.29, 0.717) is 19.5 Å². The second kappa shape index (κ2) is 6.67. The van der Waals surface area contributed by atoms with Gasteiger partial charge in [0, 0.05) is 30.4 Å². The van der Waals surface area contributed by atoms with Gasteiger partial charge in [-0.15, -0.1) is 11.3 Å². The van der Waals surface area contributed by atoms with Gasteiger partial charge >= 0.3 is 6.18 Å². The highest BCUT2D eigenvalue weighted by molar-refractivity contribution is 7.07. The largest absolute Gasteiger partial charge is 0.389 e. The van der Waals surface area contributed by atoms with Crippen molar-refractivity contribution in [3.8, 4) is 0 Å². The number of rotatable bonds is 7. The van der Waals surface area contributed by atoms with E-state index in [-0.39, 0.29) is 6.42 Å². The number of nitrogens with two attached hydrogens (primary N) is 1. The molecule has 19 heavy (non-hydrogen) atoms. The van der Waals surface area contributed by atoms with Crippen LogP contribution in [0.1, 0.15) is 31.9 Å². The van der Waals surface area contributed by atoms with E-state index in [1.54, 1.807) is 5.51 Å². The van der Waals surface area contributed by atoms with Crippen LogP contribution >= 0.6 is 11.3 Å². The number of likely N-dealkylation sites (N-methyl/N-ethyl adjacent to an activating group) is 1. The van der Waals surface area contributed by atoms with E-state index in [9.17, 15) is 13.2 Å². The molecule has 2 N–H and O–H groups in total. The Hall–Kier alpha value is -0.660. The second-order valence-electron chi connectivity index (χ2n) is 5.01. The lowest BCUT2D eigenvalue weighted by molar-refractivity contribution is -0.136. The lowest BCUT2D eigenvalue weighted by atomic mass is 9.93. The molecule has 0 aliphatic heterocycles. The monoisotopic (exact) mass is 295 g/mol. The zero-order valence-corrected chi connectivity index (χ0v) is 12.0. The molecule has 0 aliphatic carbocycles. The van der Waals surface area contributed by atoms with Crippen molar-refractivity contribution in [2.24, 2.45) is 5.73 Å². The summed E-state index contributed by atoms with van der Waals surface area (Å²) in [5, 5.41) is 1.93. The molecule has 0 saturated heterocycles. The topological polar surface area (TPSA) is 42.2 Å². The maximum atomic E-state index is 12.2. The lowest BCUT2D eigenvalue weighted by Gasteiger charge is -2.38. The van der Waals surface area contributed by atoms with Crippen LogP contribution in [0, 0.1) is 0 Å². The fourth-order valence-electron chi connectivity index (χ4n) is 1.87. The Labute approximate surface area is 115 Å². The fourth-order valence-corrected chi connectivity index (χ4v) is 2.42. The van der Waals surface area contributed by atoms with E-state index >= 15 is 0 Å². The molecule has 0 aromatic carbocycles. The van der Waals surface area contributed by atoms with E-state index in [4.69, 9.17) is 5.73 Å². The summed E-state index contributed by atoms with van der Waals surface area (Å²) in [5.74, 6) is 0. The number of hydrogen-bond donors (Lipinski definition) is 1. The highest BCUT2D eigenvalue weighted by Crippen LogP contribution is 2.27. The van der Waals surface area contributed by atoms with Crippen molar-refractivity contribution in [1.29, 1.82) is 0 Å². The fraction of sp³-hybridized carbons (Fsp3) is 0.750. The van der Waals surface area contributed by atoms with Crippen LogP contribution in [0.25, 0.3) is 0 Å². The SMILES string of the molecule is CN(Cc1cscn1)C(C)(CN)CCCC(F)(F)F. The average molecular weight is 295 g/mol. The molecule has 0 radical (unpaired) electrons. The number of alkyl halides is 3. The number of halogens is 3. The summed E-state index contributed by atoms with van der Waals surface area (Å²) in [7, 11) is 1.87. The molecular weight excluding hydrogens is 275 g/mol. The first kappa shape index (κ1) is 16.4. The third kappa shape index (κ3) is 5.46. The number of thiazole rings is 1. The summed E-state index contributed by atoms with van der Waals surface area (Å²) in [6.07, 6.45) is -4.33. The molecule has 0 bridgehead atoms. The lowest BCUT2D eigenvalue weighted by Crippen LogP contribution is -2.49. The minimum absolute atomic E-state index is 0.0958. The molecule has 1 aromatic rings. The van der Waals surface area contributed by atoms with Crippen molar-refractivity contribution in [3.05, 3.63) is 16.6 Å². The van der Waals surface area contributed by atoms with Gasteiger partial charge in [-0.1, -0.05) is 0 Å². The van der Waals surface area contributed by atoms with Gasteiger partial charge in [0.1, 0.15) is 0 Å². The van der Waals surface area contributed by atoms with E-state index in [1.165, 1.54) is 11.3 Å². The van der Waals surface area contributed by atoms with Crippen LogP contribution in [0.15, 0.2) is 10.9 Å². The minimum Gasteiger partial charge on any atom is -0.329 e. The van der Waals surface area contributed by atoms with Crippen LogP contribution < -0.4 is 5.73 Å². The second-order valence-corrected chi connectivity index (χ2v) is 5.72. The molecule has 1 atom stereocenters. The van der Waals surface area contributed by atoms with Crippen LogP contribution in [-0.4, -0.2) is 35.2 Å². The third-order valence-electron chi connectivity index (χ3n) is 3.42. The predicted molar refractivity (Wildman–Crippen MR) is 70.9 cm³/mol. The van der Waals surface area contributed by atoms with E-state index < -0.39 is 18.1 Å². The molecule has 3 nitrogen and oxygen atoms in total. The van der Waals surface area contributed by atoms with Gasteiger partial charge in [0.2, 0.25) is 0 Å². The maximum absolute atomic E-state index is 12.2. The molecule has 0 aliphatic rings. The first-order chi connectivity index (χ1) is 8.77. The Bertz CT molecular complexity index is 367. The molecule has 110 valence electrons. The van der Waals surface area contributed by atoms with Crippen molar-refractivity contribution < 1.29 is 13.2 Å². The number of nitrogens with zero attached hydrogens (tertiary/aromatic N) is 2. The molecule has 1 heterocycles. The highest BCUT2D eigenvalue weighted by Gasteiger charge is 2.31. The summed E-state index contributed by atoms with van der Waals surface area (Å²) < 4.78 is 36.6. The van der Waals surface area contributed by atoms with Crippen LogP contribution in [0.5, 0.6) is 0 Å². The van der Waals surface area contributed by atoms with Gasteiger partial charge in [-0.3, -0.25) is 4.90 Å². The van der Waals surface area contributed by atoms with Gasteiger partial charge in [0.05, 0.1) is 11.2 Å². The quantitative estimate of drug-likeness (QED) is 0.841. The Balaban J connectivity index is 2.53. The Morgan fingerprint density at radius 3 is 2.53 bits per heavy atom. The van der Waals surface area contributed by atoms with E-state index in [1.807, 2.05) is 24.3 Å². The molecule has 0 fully saturated rings. The molecule has 1 aromatic heterocycles. The van der Waals surface area contributed by atoms with Gasteiger partial charge in [0.15, 0.2) is 0 Å². The van der Waals surface area contributed by atoms with Crippen molar-refractivity contribution in [1.82, 2.24) is 9.88 Å². The standard InChI is InChI=1S/C12H20F3N3S/c1-11(8-16,4-3-5-12(13,14)15)18(2)6-10-7-19-9-17-10/h7,9H,3-6,8,16H2,1-2H3. The minimum atomic E-state index is -4.09. The molecule has 1 rings (SSSR count). The highest BCUT2D eigenvalue weighted by atomic mass is 32.1. The smallest absolute Gasteiger partial charge is 0.329 e. The van der Waals surface area contributed by atoms with Crippen LogP contribution in [0.2, 0.25) is 0 Å². The van der Waals surface area contributed by atoms with Crippen LogP contribution in [0.4, 0.5) is 13.2 Å². The normalized spacial score (nSPS) is 15.7. The van der Waals surface area contributed by atoms with E-state index in [0.717, 1.165) is 5.69 Å². The Kier molecular flexibility index (Phi) is 5.76. The van der Waals surface area contributed by atoms with Gasteiger partial charge in [-0.25, -0.2) is 4.98 Å². The molecular formula is C12H20F3N3S. The van der Waals surface area contributed by atoms with E-state index in [2.05, 4.69) is 4.98 Å². The molecule has 1 unspecified atom stereocenters. The third-order valence-corrected chi connectivity index (χ3v) is 4.05. The Morgan fingerprint density at radius 2 is 2.05 bits per heavy atom. The number of hydrogen-bond acceptors (Lipinski definition) is 4. The van der Waals surface area contributed by atoms with Crippen LogP contribution in [-0.2, 0) is 6.54 Å². The molecule has 7 heteroatoms. The summed E-state index contributed by atoms with van der Waals surface area (Å²) in [6, 6.07) is 0. The number of aromatic nitrogens is 1. The average Bonchev–Trinajstić information content (AvgIpc) is 2.79. The maximum Gasteiger partial charge on any atom is 0.389 e. The summed E-state index contributed by atoms with van der Waals surface area (Å²) in [6.45, 7) is 2.82. The summed E-state index contributed by atoms with van der Waals surface area (Å²) in [5.41, 5.74) is 7.97. The van der Waals surface area contributed by atoms with Gasteiger partial charge < -0.3 is 5.73 Å². The van der Waals surface area contributed by atoms with Crippen molar-refractivity contribution >= 4 is 11.3 Å². The molecule has 0 amide bonds. The first-order valence-corrected chi connectivity index (χ1v) is 7.06. The van der Waals surface area contributed by atoms with Gasteiger partial charge in [-0.2, -0.15) is 13.2 Å². The first-order valence-electron chi connectivity index (χ1n) is 6.12. The van der Waals surface area contributed by atoms with Gasteiger partial charge in [-0.05, 0) is 26.8 Å². The zero-order valence-electron chi connectivity index (χ0n) is 11.2. The zero-order chi connectivity index (χ0) is 14.5. The van der Waals surface area contributed by atoms with Crippen LogP contribution in [0.3, 0.4) is 0 Å².